The Morgan fingerprint density at radius 2 is 1.89 bits per heavy atom. The highest BCUT2D eigenvalue weighted by Crippen LogP contribution is 2.21. The van der Waals surface area contributed by atoms with Gasteiger partial charge in [-0.3, -0.25) is 0 Å². The molecule has 0 fully saturated rings. The van der Waals surface area contributed by atoms with Gasteiger partial charge < -0.3 is 14.8 Å². The number of rotatable bonds is 7. The molecule has 1 aromatic rings. The lowest BCUT2D eigenvalue weighted by Gasteiger charge is -2.31. The van der Waals surface area contributed by atoms with Gasteiger partial charge in [-0.15, -0.1) is 0 Å². The Labute approximate surface area is 115 Å². The first-order chi connectivity index (χ1) is 9.07. The number of methoxy groups -OCH3 is 1. The molecule has 0 aliphatic heterocycles. The molecule has 0 aliphatic rings. The second kappa shape index (κ2) is 7.14. The second-order valence-electron chi connectivity index (χ2n) is 4.58. The summed E-state index contributed by atoms with van der Waals surface area (Å²) in [4.78, 5) is 12.2. The van der Waals surface area contributed by atoms with Crippen LogP contribution in [0.2, 0.25) is 0 Å². The maximum Gasteiger partial charge on any atom is 0.334 e. The number of ether oxygens (including phenoxy) is 2. The summed E-state index contributed by atoms with van der Waals surface area (Å²) in [5.41, 5.74) is 1.23. The predicted molar refractivity (Wildman–Crippen MR) is 76.3 cm³/mol. The van der Waals surface area contributed by atoms with Crippen molar-refractivity contribution < 1.29 is 14.3 Å². The van der Waals surface area contributed by atoms with E-state index in [0.29, 0.717) is 13.0 Å². The van der Waals surface area contributed by atoms with Gasteiger partial charge in [0.15, 0.2) is 5.54 Å². The molecule has 0 saturated carbocycles. The zero-order valence-corrected chi connectivity index (χ0v) is 12.2. The zero-order chi connectivity index (χ0) is 14.3. The molecule has 4 nitrogen and oxygen atoms in total. The molecule has 1 unspecified atom stereocenters. The predicted octanol–water partition coefficient (Wildman–Crippen LogP) is 2.77. The minimum Gasteiger partial charge on any atom is -0.464 e. The minimum atomic E-state index is -0.833. The van der Waals surface area contributed by atoms with Crippen molar-refractivity contribution >= 4 is 11.7 Å². The lowest BCUT2D eigenvalue weighted by Crippen LogP contribution is -2.50. The van der Waals surface area contributed by atoms with E-state index in [4.69, 9.17) is 9.47 Å². The van der Waals surface area contributed by atoms with Gasteiger partial charge in [0.05, 0.1) is 13.2 Å². The lowest BCUT2D eigenvalue weighted by molar-refractivity contribution is -0.150. The van der Waals surface area contributed by atoms with Gasteiger partial charge in [0.25, 0.3) is 0 Å². The Kier molecular flexibility index (Phi) is 5.83. The molecule has 0 heterocycles. The molecule has 0 bridgehead atoms. The summed E-state index contributed by atoms with van der Waals surface area (Å²) < 4.78 is 10.4. The van der Waals surface area contributed by atoms with Crippen molar-refractivity contribution in [1.29, 1.82) is 0 Å². The van der Waals surface area contributed by atoms with Crippen molar-refractivity contribution in [2.75, 3.05) is 25.6 Å². The minimum absolute atomic E-state index is 0.274. The quantitative estimate of drug-likeness (QED) is 0.770. The Bertz CT molecular complexity index is 402. The number of nitrogens with one attached hydrogen (secondary N) is 1. The molecular formula is C15H23NO3. The fourth-order valence-corrected chi connectivity index (χ4v) is 1.91. The molecule has 0 aromatic heterocycles. The van der Waals surface area contributed by atoms with Gasteiger partial charge in [0.2, 0.25) is 0 Å². The monoisotopic (exact) mass is 265 g/mol. The summed E-state index contributed by atoms with van der Waals surface area (Å²) in [6.07, 6.45) is 0.591. The number of hydrogen-bond acceptors (Lipinski definition) is 4. The van der Waals surface area contributed by atoms with E-state index in [1.54, 1.807) is 14.0 Å². The number of aryl methyl sites for hydroxylation is 1. The highest BCUT2D eigenvalue weighted by molar-refractivity contribution is 5.84. The summed E-state index contributed by atoms with van der Waals surface area (Å²) in [7, 11) is 1.58. The topological polar surface area (TPSA) is 47.6 Å². The largest absolute Gasteiger partial charge is 0.464 e. The molecule has 0 amide bonds. The average molecular weight is 265 g/mol. The first-order valence-electron chi connectivity index (χ1n) is 6.59. The zero-order valence-electron chi connectivity index (χ0n) is 12.2. The molecule has 0 saturated heterocycles. The van der Waals surface area contributed by atoms with Crippen LogP contribution in [0, 0.1) is 6.92 Å². The van der Waals surface area contributed by atoms with Gasteiger partial charge >= 0.3 is 5.97 Å². The van der Waals surface area contributed by atoms with Crippen LogP contribution in [0.25, 0.3) is 0 Å². The molecule has 19 heavy (non-hydrogen) atoms. The number of carbonyl (C=O) groups is 1. The van der Waals surface area contributed by atoms with Crippen molar-refractivity contribution in [2.24, 2.45) is 0 Å². The normalized spacial score (nSPS) is 13.7. The Morgan fingerprint density at radius 3 is 2.37 bits per heavy atom. The number of benzene rings is 1. The summed E-state index contributed by atoms with van der Waals surface area (Å²) in [5, 5.41) is 3.26. The van der Waals surface area contributed by atoms with Gasteiger partial charge in [-0.05, 0) is 32.4 Å². The fourth-order valence-electron chi connectivity index (χ4n) is 1.91. The number of carbonyl (C=O) groups excluding carboxylic acids is 1. The summed E-state index contributed by atoms with van der Waals surface area (Å²) >= 11 is 0. The van der Waals surface area contributed by atoms with Gasteiger partial charge in [-0.2, -0.15) is 0 Å². The van der Waals surface area contributed by atoms with Crippen molar-refractivity contribution in [3.05, 3.63) is 29.8 Å². The fraction of sp³-hybridized carbons (Fsp3) is 0.533. The van der Waals surface area contributed by atoms with Crippen LogP contribution in [0.3, 0.4) is 0 Å². The third-order valence-electron chi connectivity index (χ3n) is 3.10. The first-order valence-corrected chi connectivity index (χ1v) is 6.59. The van der Waals surface area contributed by atoms with Crippen LogP contribution >= 0.6 is 0 Å². The summed E-state index contributed by atoms with van der Waals surface area (Å²) in [6.45, 7) is 6.40. The first kappa shape index (κ1) is 15.5. The van der Waals surface area contributed by atoms with Crippen LogP contribution in [-0.2, 0) is 14.3 Å². The van der Waals surface area contributed by atoms with Crippen molar-refractivity contribution in [3.63, 3.8) is 0 Å². The third-order valence-corrected chi connectivity index (χ3v) is 3.10. The van der Waals surface area contributed by atoms with Gasteiger partial charge in [-0.25, -0.2) is 4.79 Å². The van der Waals surface area contributed by atoms with Crippen LogP contribution in [0.15, 0.2) is 24.3 Å². The standard InChI is InChI=1S/C15H23NO3/c1-5-15(11-18-4,14(17)19-6-2)16-13-9-7-12(3)8-10-13/h7-10,16H,5-6,11H2,1-4H3. The van der Waals surface area contributed by atoms with E-state index >= 15 is 0 Å². The number of anilines is 1. The molecule has 1 rings (SSSR count). The summed E-state index contributed by atoms with van der Waals surface area (Å²) in [5.74, 6) is -0.278. The van der Waals surface area contributed by atoms with Crippen molar-refractivity contribution in [2.45, 2.75) is 32.7 Å². The molecule has 0 spiro atoms. The molecular weight excluding hydrogens is 242 g/mol. The number of hydrogen-bond donors (Lipinski definition) is 1. The van der Waals surface area contributed by atoms with Gasteiger partial charge in [0.1, 0.15) is 0 Å². The highest BCUT2D eigenvalue weighted by atomic mass is 16.5. The van der Waals surface area contributed by atoms with Crippen LogP contribution in [0.1, 0.15) is 25.8 Å². The maximum atomic E-state index is 12.2. The highest BCUT2D eigenvalue weighted by Gasteiger charge is 2.38. The van der Waals surface area contributed by atoms with E-state index in [1.807, 2.05) is 38.1 Å². The second-order valence-corrected chi connectivity index (χ2v) is 4.58. The van der Waals surface area contributed by atoms with E-state index in [2.05, 4.69) is 5.32 Å². The molecule has 1 N–H and O–H groups in total. The van der Waals surface area contributed by atoms with Crippen LogP contribution in [-0.4, -0.2) is 31.8 Å². The third kappa shape index (κ3) is 3.96. The molecule has 0 aliphatic carbocycles. The van der Waals surface area contributed by atoms with Gasteiger partial charge in [-0.1, -0.05) is 24.6 Å². The molecule has 1 aromatic carbocycles. The molecule has 106 valence electrons. The average Bonchev–Trinajstić information content (AvgIpc) is 2.41. The van der Waals surface area contributed by atoms with Crippen molar-refractivity contribution in [3.8, 4) is 0 Å². The SMILES string of the molecule is CCOC(=O)C(CC)(COC)Nc1ccc(C)cc1. The Balaban J connectivity index is 2.95. The summed E-state index contributed by atoms with van der Waals surface area (Å²) in [6, 6.07) is 7.91. The molecule has 0 radical (unpaired) electrons. The Morgan fingerprint density at radius 1 is 1.26 bits per heavy atom. The lowest BCUT2D eigenvalue weighted by atomic mass is 9.96. The van der Waals surface area contributed by atoms with Crippen molar-refractivity contribution in [1.82, 2.24) is 0 Å². The van der Waals surface area contributed by atoms with E-state index in [0.717, 1.165) is 5.69 Å². The van der Waals surface area contributed by atoms with Crippen LogP contribution in [0.5, 0.6) is 0 Å². The molecule has 4 heteroatoms. The van der Waals surface area contributed by atoms with E-state index in [-0.39, 0.29) is 12.6 Å². The van der Waals surface area contributed by atoms with Crippen LogP contribution in [0.4, 0.5) is 5.69 Å². The van der Waals surface area contributed by atoms with Gasteiger partial charge in [0, 0.05) is 12.8 Å². The smallest absolute Gasteiger partial charge is 0.334 e. The van der Waals surface area contributed by atoms with E-state index < -0.39 is 5.54 Å². The number of esters is 1. The molecule has 1 atom stereocenters. The van der Waals surface area contributed by atoms with E-state index in [9.17, 15) is 4.79 Å². The maximum absolute atomic E-state index is 12.2. The van der Waals surface area contributed by atoms with Crippen LogP contribution < -0.4 is 5.32 Å². The Hall–Kier alpha value is -1.55. The van der Waals surface area contributed by atoms with E-state index in [1.165, 1.54) is 5.56 Å².